The van der Waals surface area contributed by atoms with Crippen molar-refractivity contribution in [2.45, 2.75) is 6.42 Å². The molecule has 0 aliphatic carbocycles. The molecule has 7 nitrogen and oxygen atoms in total. The quantitative estimate of drug-likeness (QED) is 0.770. The summed E-state index contributed by atoms with van der Waals surface area (Å²) in [5.41, 5.74) is 5.77. The molecule has 0 atom stereocenters. The fourth-order valence-electron chi connectivity index (χ4n) is 1.26. The number of carbonyl (C=O) groups is 1. The summed E-state index contributed by atoms with van der Waals surface area (Å²) in [6.45, 7) is 0.400. The molecule has 0 aliphatic rings. The van der Waals surface area contributed by atoms with E-state index in [1.165, 1.54) is 6.33 Å². The Kier molecular flexibility index (Phi) is 3.29. The monoisotopic (exact) mass is 233 g/mol. The van der Waals surface area contributed by atoms with E-state index in [0.29, 0.717) is 24.7 Å². The first-order valence-electron chi connectivity index (χ1n) is 5.02. The van der Waals surface area contributed by atoms with E-state index in [2.05, 4.69) is 20.4 Å². The molecule has 17 heavy (non-hydrogen) atoms. The Labute approximate surface area is 97.0 Å². The number of nitrogens with zero attached hydrogens (tertiary/aromatic N) is 3. The molecule has 88 valence electrons. The van der Waals surface area contributed by atoms with Crippen LogP contribution in [0.1, 0.15) is 16.4 Å². The number of nitrogens with two attached hydrogens (primary N) is 1. The first kappa shape index (κ1) is 11.1. The lowest BCUT2D eigenvalue weighted by Crippen LogP contribution is -2.26. The topological polar surface area (TPSA) is 107 Å². The van der Waals surface area contributed by atoms with E-state index in [1.54, 1.807) is 18.2 Å². The van der Waals surface area contributed by atoms with Crippen molar-refractivity contribution >= 4 is 11.7 Å². The highest BCUT2D eigenvalue weighted by Crippen LogP contribution is 2.00. The number of rotatable bonds is 4. The van der Waals surface area contributed by atoms with Crippen molar-refractivity contribution in [1.29, 1.82) is 0 Å². The lowest BCUT2D eigenvalue weighted by atomic mass is 10.3. The lowest BCUT2D eigenvalue weighted by molar-refractivity contribution is 0.0948. The van der Waals surface area contributed by atoms with Gasteiger partial charge in [0.15, 0.2) is 6.33 Å². The Morgan fingerprint density at radius 3 is 3.06 bits per heavy atom. The van der Waals surface area contributed by atoms with Crippen LogP contribution < -0.4 is 11.1 Å². The Bertz CT molecular complexity index is 497. The molecule has 0 fully saturated rings. The predicted molar refractivity (Wildman–Crippen MR) is 59.0 cm³/mol. The minimum atomic E-state index is -0.281. The molecule has 0 bridgehead atoms. The van der Waals surface area contributed by atoms with E-state index in [4.69, 9.17) is 10.3 Å². The predicted octanol–water partition coefficient (Wildman–Crippen LogP) is 0.0193. The number of aromatic nitrogens is 3. The van der Waals surface area contributed by atoms with Crippen LogP contribution in [0.15, 0.2) is 29.0 Å². The minimum Gasteiger partial charge on any atom is -0.384 e. The normalized spacial score (nSPS) is 10.1. The van der Waals surface area contributed by atoms with Gasteiger partial charge in [0.25, 0.3) is 5.91 Å². The highest BCUT2D eigenvalue weighted by atomic mass is 16.5. The summed E-state index contributed by atoms with van der Waals surface area (Å²) in [6, 6.07) is 4.89. The van der Waals surface area contributed by atoms with E-state index < -0.39 is 0 Å². The van der Waals surface area contributed by atoms with Gasteiger partial charge in [-0.15, -0.1) is 0 Å². The van der Waals surface area contributed by atoms with E-state index in [-0.39, 0.29) is 11.6 Å². The molecule has 1 amide bonds. The van der Waals surface area contributed by atoms with Gasteiger partial charge in [0.2, 0.25) is 5.89 Å². The van der Waals surface area contributed by atoms with Crippen LogP contribution in [0.2, 0.25) is 0 Å². The first-order chi connectivity index (χ1) is 8.25. The molecule has 0 aromatic carbocycles. The standard InChI is InChI=1S/C10H11N5O2/c11-8-3-1-2-7(15-8)10(16)12-5-4-9-13-6-14-17-9/h1-3,6H,4-5H2,(H2,11,15)(H,12,16). The maximum atomic E-state index is 11.6. The third-order valence-electron chi connectivity index (χ3n) is 2.03. The van der Waals surface area contributed by atoms with Gasteiger partial charge in [-0.2, -0.15) is 4.98 Å². The van der Waals surface area contributed by atoms with E-state index in [0.717, 1.165) is 0 Å². The number of carbonyl (C=O) groups excluding carboxylic acids is 1. The fraction of sp³-hybridized carbons (Fsp3) is 0.200. The lowest BCUT2D eigenvalue weighted by Gasteiger charge is -2.03. The van der Waals surface area contributed by atoms with Crippen LogP contribution in [-0.2, 0) is 6.42 Å². The smallest absolute Gasteiger partial charge is 0.269 e. The van der Waals surface area contributed by atoms with E-state index >= 15 is 0 Å². The third-order valence-corrected chi connectivity index (χ3v) is 2.03. The van der Waals surface area contributed by atoms with Crippen LogP contribution in [0.3, 0.4) is 0 Å². The number of nitrogen functional groups attached to an aromatic ring is 1. The van der Waals surface area contributed by atoms with Gasteiger partial charge >= 0.3 is 0 Å². The minimum absolute atomic E-state index is 0.281. The molecule has 2 aromatic rings. The number of hydrogen-bond donors (Lipinski definition) is 2. The van der Waals surface area contributed by atoms with Crippen molar-refractivity contribution in [2.24, 2.45) is 0 Å². The van der Waals surface area contributed by atoms with Crippen molar-refractivity contribution in [1.82, 2.24) is 20.4 Å². The molecular weight excluding hydrogens is 222 g/mol. The Morgan fingerprint density at radius 2 is 2.35 bits per heavy atom. The van der Waals surface area contributed by atoms with Crippen LogP contribution in [0.4, 0.5) is 5.82 Å². The molecule has 2 heterocycles. The van der Waals surface area contributed by atoms with Gasteiger partial charge in [-0.1, -0.05) is 11.2 Å². The highest BCUT2D eigenvalue weighted by molar-refractivity contribution is 5.92. The van der Waals surface area contributed by atoms with Crippen molar-refractivity contribution in [3.05, 3.63) is 36.1 Å². The summed E-state index contributed by atoms with van der Waals surface area (Å²) < 4.78 is 4.79. The Balaban J connectivity index is 1.85. The maximum absolute atomic E-state index is 11.6. The van der Waals surface area contributed by atoms with Gasteiger partial charge < -0.3 is 15.6 Å². The second-order valence-electron chi connectivity index (χ2n) is 3.29. The Hall–Kier alpha value is -2.44. The summed E-state index contributed by atoms with van der Waals surface area (Å²) >= 11 is 0. The molecular formula is C10H11N5O2. The van der Waals surface area contributed by atoms with Crippen molar-refractivity contribution < 1.29 is 9.32 Å². The second kappa shape index (κ2) is 5.06. The molecule has 0 spiro atoms. The van der Waals surface area contributed by atoms with Gasteiger partial charge in [0.1, 0.15) is 11.5 Å². The molecule has 0 saturated heterocycles. The van der Waals surface area contributed by atoms with Crippen molar-refractivity contribution in [3.8, 4) is 0 Å². The highest BCUT2D eigenvalue weighted by Gasteiger charge is 2.07. The molecule has 2 rings (SSSR count). The van der Waals surface area contributed by atoms with Crippen molar-refractivity contribution in [3.63, 3.8) is 0 Å². The average molecular weight is 233 g/mol. The number of hydrogen-bond acceptors (Lipinski definition) is 6. The van der Waals surface area contributed by atoms with Crippen LogP contribution >= 0.6 is 0 Å². The van der Waals surface area contributed by atoms with Crippen molar-refractivity contribution in [2.75, 3.05) is 12.3 Å². The number of pyridine rings is 1. The van der Waals surface area contributed by atoms with Crippen LogP contribution in [0.25, 0.3) is 0 Å². The van der Waals surface area contributed by atoms with E-state index in [9.17, 15) is 4.79 Å². The van der Waals surface area contributed by atoms with Gasteiger partial charge in [-0.25, -0.2) is 4.98 Å². The number of amides is 1. The second-order valence-corrected chi connectivity index (χ2v) is 3.29. The summed E-state index contributed by atoms with van der Waals surface area (Å²) in [4.78, 5) is 19.4. The summed E-state index contributed by atoms with van der Waals surface area (Å²) in [5, 5.41) is 6.14. The van der Waals surface area contributed by atoms with Crippen LogP contribution in [0, 0.1) is 0 Å². The average Bonchev–Trinajstić information content (AvgIpc) is 2.82. The molecule has 3 N–H and O–H groups in total. The first-order valence-corrected chi connectivity index (χ1v) is 5.02. The zero-order chi connectivity index (χ0) is 12.1. The summed E-state index contributed by atoms with van der Waals surface area (Å²) in [6.07, 6.45) is 1.80. The molecule has 0 aliphatic heterocycles. The van der Waals surface area contributed by atoms with Gasteiger partial charge in [0, 0.05) is 13.0 Å². The van der Waals surface area contributed by atoms with Gasteiger partial charge in [-0.05, 0) is 12.1 Å². The zero-order valence-corrected chi connectivity index (χ0v) is 8.96. The molecule has 0 radical (unpaired) electrons. The third kappa shape index (κ3) is 3.00. The Morgan fingerprint density at radius 1 is 1.47 bits per heavy atom. The maximum Gasteiger partial charge on any atom is 0.269 e. The fourth-order valence-corrected chi connectivity index (χ4v) is 1.26. The van der Waals surface area contributed by atoms with E-state index in [1.807, 2.05) is 0 Å². The van der Waals surface area contributed by atoms with Crippen LogP contribution in [0.5, 0.6) is 0 Å². The van der Waals surface area contributed by atoms with Crippen LogP contribution in [-0.4, -0.2) is 27.6 Å². The van der Waals surface area contributed by atoms with Gasteiger partial charge in [0.05, 0.1) is 0 Å². The zero-order valence-electron chi connectivity index (χ0n) is 8.96. The number of anilines is 1. The molecule has 0 saturated carbocycles. The summed E-state index contributed by atoms with van der Waals surface area (Å²) in [7, 11) is 0. The molecule has 2 aromatic heterocycles. The summed E-state index contributed by atoms with van der Waals surface area (Å²) in [5.74, 6) is 0.511. The number of nitrogens with one attached hydrogen (secondary N) is 1. The van der Waals surface area contributed by atoms with Gasteiger partial charge in [-0.3, -0.25) is 4.79 Å². The SMILES string of the molecule is Nc1cccc(C(=O)NCCc2ncno2)n1. The largest absolute Gasteiger partial charge is 0.384 e. The molecule has 7 heteroatoms. The molecule has 0 unspecified atom stereocenters.